The third kappa shape index (κ3) is 3.99. The van der Waals surface area contributed by atoms with Crippen LogP contribution in [0.1, 0.15) is 45.4 Å². The van der Waals surface area contributed by atoms with E-state index in [0.29, 0.717) is 12.5 Å². The Bertz CT molecular complexity index is 408. The van der Waals surface area contributed by atoms with E-state index in [-0.39, 0.29) is 5.84 Å². The Kier molecular flexibility index (Phi) is 5.45. The zero-order chi connectivity index (χ0) is 14.4. The summed E-state index contributed by atoms with van der Waals surface area (Å²) in [6.07, 6.45) is 7.18. The molecule has 1 fully saturated rings. The summed E-state index contributed by atoms with van der Waals surface area (Å²) in [6, 6.07) is 11.2. The van der Waals surface area contributed by atoms with Gasteiger partial charge in [0.05, 0.1) is 5.84 Å². The summed E-state index contributed by atoms with van der Waals surface area (Å²) in [4.78, 5) is 2.47. The predicted molar refractivity (Wildman–Crippen MR) is 86.4 cm³/mol. The quantitative estimate of drug-likeness (QED) is 0.612. The van der Waals surface area contributed by atoms with Crippen LogP contribution < -0.4 is 10.6 Å². The fourth-order valence-electron chi connectivity index (χ4n) is 3.25. The highest BCUT2D eigenvalue weighted by molar-refractivity contribution is 5.77. The molecular formula is C17H27N3. The molecule has 0 aromatic heterocycles. The van der Waals surface area contributed by atoms with Crippen LogP contribution in [0.3, 0.4) is 0 Å². The van der Waals surface area contributed by atoms with E-state index in [4.69, 9.17) is 11.1 Å². The number of nitrogens with two attached hydrogens (primary N) is 1. The number of rotatable bonds is 6. The minimum atomic E-state index is 0.285. The van der Waals surface area contributed by atoms with Gasteiger partial charge in [-0.05, 0) is 43.7 Å². The summed E-state index contributed by atoms with van der Waals surface area (Å²) in [7, 11) is 0. The van der Waals surface area contributed by atoms with Crippen LogP contribution in [0.25, 0.3) is 0 Å². The van der Waals surface area contributed by atoms with Crippen LogP contribution in [0.2, 0.25) is 0 Å². The van der Waals surface area contributed by atoms with E-state index in [9.17, 15) is 0 Å². The summed E-state index contributed by atoms with van der Waals surface area (Å²) < 4.78 is 0. The number of nitrogens with one attached hydrogen (secondary N) is 1. The molecule has 0 atom stereocenters. The molecule has 0 heterocycles. The van der Waals surface area contributed by atoms with E-state index < -0.39 is 0 Å². The van der Waals surface area contributed by atoms with Crippen LogP contribution in [-0.2, 0) is 0 Å². The van der Waals surface area contributed by atoms with Gasteiger partial charge >= 0.3 is 0 Å². The topological polar surface area (TPSA) is 53.1 Å². The normalized spacial score (nSPS) is 22.4. The molecule has 1 aromatic carbocycles. The van der Waals surface area contributed by atoms with Crippen molar-refractivity contribution in [2.75, 3.05) is 11.4 Å². The molecule has 1 saturated carbocycles. The summed E-state index contributed by atoms with van der Waals surface area (Å²) in [5, 5.41) is 7.48. The first-order valence-electron chi connectivity index (χ1n) is 7.85. The highest BCUT2D eigenvalue weighted by atomic mass is 15.2. The van der Waals surface area contributed by atoms with Gasteiger partial charge in [-0.1, -0.05) is 31.5 Å². The molecule has 110 valence electrons. The second kappa shape index (κ2) is 7.32. The van der Waals surface area contributed by atoms with Gasteiger partial charge < -0.3 is 10.6 Å². The average Bonchev–Trinajstić information content (AvgIpc) is 2.49. The second-order valence-corrected chi connectivity index (χ2v) is 5.89. The van der Waals surface area contributed by atoms with Gasteiger partial charge in [0.25, 0.3) is 0 Å². The molecule has 1 aliphatic rings. The lowest BCUT2D eigenvalue weighted by Crippen LogP contribution is -2.40. The number of anilines is 1. The van der Waals surface area contributed by atoms with Crippen LogP contribution in [-0.4, -0.2) is 18.4 Å². The Labute approximate surface area is 122 Å². The Balaban J connectivity index is 2.05. The van der Waals surface area contributed by atoms with Crippen molar-refractivity contribution in [3.63, 3.8) is 0 Å². The van der Waals surface area contributed by atoms with Crippen molar-refractivity contribution in [2.24, 2.45) is 11.7 Å². The minimum absolute atomic E-state index is 0.285. The van der Waals surface area contributed by atoms with Gasteiger partial charge in [0.2, 0.25) is 0 Å². The monoisotopic (exact) mass is 273 g/mol. The van der Waals surface area contributed by atoms with Crippen molar-refractivity contribution in [1.82, 2.24) is 0 Å². The van der Waals surface area contributed by atoms with Gasteiger partial charge in [0.1, 0.15) is 0 Å². The van der Waals surface area contributed by atoms with Crippen LogP contribution in [0.5, 0.6) is 0 Å². The maximum atomic E-state index is 7.48. The van der Waals surface area contributed by atoms with Gasteiger partial charge in [0, 0.05) is 24.7 Å². The lowest BCUT2D eigenvalue weighted by molar-refractivity contribution is 0.309. The number of nitrogens with zero attached hydrogens (tertiary/aromatic N) is 1. The molecule has 0 amide bonds. The maximum Gasteiger partial charge on any atom is 0.0923 e. The summed E-state index contributed by atoms with van der Waals surface area (Å²) in [6.45, 7) is 3.16. The SMILES string of the molecule is CCC1CCC(N(CCC(=N)N)c2ccccc2)CC1. The first-order chi connectivity index (χ1) is 9.70. The minimum Gasteiger partial charge on any atom is -0.388 e. The molecule has 1 aromatic rings. The molecule has 0 radical (unpaired) electrons. The van der Waals surface area contributed by atoms with E-state index in [1.807, 2.05) is 0 Å². The molecule has 2 rings (SSSR count). The Morgan fingerprint density at radius 3 is 2.40 bits per heavy atom. The lowest BCUT2D eigenvalue weighted by Gasteiger charge is -2.38. The number of hydrogen-bond donors (Lipinski definition) is 2. The fourth-order valence-corrected chi connectivity index (χ4v) is 3.25. The summed E-state index contributed by atoms with van der Waals surface area (Å²) in [5.74, 6) is 1.20. The standard InChI is InChI=1S/C17H27N3/c1-2-14-8-10-16(11-9-14)20(13-12-17(18)19)15-6-4-3-5-7-15/h3-7,14,16H,2,8-13H2,1H3,(H3,18,19). The van der Waals surface area contributed by atoms with Crippen molar-refractivity contribution < 1.29 is 0 Å². The zero-order valence-corrected chi connectivity index (χ0v) is 12.5. The van der Waals surface area contributed by atoms with E-state index in [0.717, 1.165) is 12.5 Å². The summed E-state index contributed by atoms with van der Waals surface area (Å²) >= 11 is 0. The van der Waals surface area contributed by atoms with E-state index in [2.05, 4.69) is 42.2 Å². The number of benzene rings is 1. The molecule has 0 bridgehead atoms. The van der Waals surface area contributed by atoms with Crippen molar-refractivity contribution in [1.29, 1.82) is 5.41 Å². The van der Waals surface area contributed by atoms with Gasteiger partial charge in [-0.25, -0.2) is 0 Å². The van der Waals surface area contributed by atoms with Crippen molar-refractivity contribution in [3.05, 3.63) is 30.3 Å². The molecule has 0 spiro atoms. The lowest BCUT2D eigenvalue weighted by atomic mass is 9.83. The summed E-state index contributed by atoms with van der Waals surface area (Å²) in [5.41, 5.74) is 6.82. The van der Waals surface area contributed by atoms with Gasteiger partial charge in [-0.3, -0.25) is 5.41 Å². The smallest absolute Gasteiger partial charge is 0.0923 e. The van der Waals surface area contributed by atoms with E-state index in [1.165, 1.54) is 37.8 Å². The zero-order valence-electron chi connectivity index (χ0n) is 12.5. The van der Waals surface area contributed by atoms with E-state index in [1.54, 1.807) is 0 Å². The van der Waals surface area contributed by atoms with Crippen LogP contribution in [0.4, 0.5) is 5.69 Å². The Morgan fingerprint density at radius 2 is 1.85 bits per heavy atom. The third-order valence-corrected chi connectivity index (χ3v) is 4.54. The first kappa shape index (κ1) is 14.9. The van der Waals surface area contributed by atoms with E-state index >= 15 is 0 Å². The predicted octanol–water partition coefficient (Wildman–Crippen LogP) is 3.79. The van der Waals surface area contributed by atoms with Gasteiger partial charge in [-0.15, -0.1) is 0 Å². The largest absolute Gasteiger partial charge is 0.388 e. The number of amidine groups is 1. The van der Waals surface area contributed by atoms with Gasteiger partial charge in [0.15, 0.2) is 0 Å². The highest BCUT2D eigenvalue weighted by Crippen LogP contribution is 2.32. The number of hydrogen-bond acceptors (Lipinski definition) is 2. The molecule has 0 unspecified atom stereocenters. The van der Waals surface area contributed by atoms with Crippen molar-refractivity contribution in [2.45, 2.75) is 51.5 Å². The molecule has 20 heavy (non-hydrogen) atoms. The Hall–Kier alpha value is -1.51. The van der Waals surface area contributed by atoms with Crippen molar-refractivity contribution in [3.8, 4) is 0 Å². The number of para-hydroxylation sites is 1. The molecule has 1 aliphatic carbocycles. The fraction of sp³-hybridized carbons (Fsp3) is 0.588. The molecule has 3 nitrogen and oxygen atoms in total. The Morgan fingerprint density at radius 1 is 1.20 bits per heavy atom. The van der Waals surface area contributed by atoms with Crippen LogP contribution in [0, 0.1) is 11.3 Å². The second-order valence-electron chi connectivity index (χ2n) is 5.89. The molecular weight excluding hydrogens is 246 g/mol. The van der Waals surface area contributed by atoms with Crippen LogP contribution >= 0.6 is 0 Å². The molecule has 3 heteroatoms. The average molecular weight is 273 g/mol. The maximum absolute atomic E-state index is 7.48. The first-order valence-corrected chi connectivity index (χ1v) is 7.85. The molecule has 0 saturated heterocycles. The van der Waals surface area contributed by atoms with Gasteiger partial charge in [-0.2, -0.15) is 0 Å². The van der Waals surface area contributed by atoms with Crippen molar-refractivity contribution >= 4 is 11.5 Å². The molecule has 0 aliphatic heterocycles. The molecule has 3 N–H and O–H groups in total. The highest BCUT2D eigenvalue weighted by Gasteiger charge is 2.25. The van der Waals surface area contributed by atoms with Crippen LogP contribution in [0.15, 0.2) is 30.3 Å². The third-order valence-electron chi connectivity index (χ3n) is 4.54.